The lowest BCUT2D eigenvalue weighted by atomic mass is 10.1. The van der Waals surface area contributed by atoms with E-state index in [1.54, 1.807) is 12.1 Å². The molecule has 0 aliphatic carbocycles. The minimum Gasteiger partial charge on any atom is -0.402 e. The smallest absolute Gasteiger partial charge is 0.363 e. The van der Waals surface area contributed by atoms with E-state index in [0.717, 1.165) is 23.9 Å². The first-order valence-corrected chi connectivity index (χ1v) is 7.99. The van der Waals surface area contributed by atoms with Gasteiger partial charge in [-0.25, -0.2) is 9.79 Å². The van der Waals surface area contributed by atoms with E-state index in [0.29, 0.717) is 5.56 Å². The van der Waals surface area contributed by atoms with E-state index >= 15 is 0 Å². The van der Waals surface area contributed by atoms with Crippen molar-refractivity contribution < 1.29 is 19.4 Å². The molecule has 0 N–H and O–H groups in total. The van der Waals surface area contributed by atoms with Crippen LogP contribution in [0.15, 0.2) is 53.2 Å². The molecule has 3 rings (SSSR count). The Hall–Kier alpha value is -4.08. The summed E-state index contributed by atoms with van der Waals surface area (Å²) < 4.78 is 5.05. The van der Waals surface area contributed by atoms with E-state index in [1.807, 2.05) is 31.1 Å². The molecule has 0 spiro atoms. The van der Waals surface area contributed by atoms with Crippen LogP contribution in [0.5, 0.6) is 0 Å². The fraction of sp³-hybridized carbons (Fsp3) is 0.111. The number of ether oxygens (including phenoxy) is 1. The van der Waals surface area contributed by atoms with Gasteiger partial charge in [0.05, 0.1) is 21.5 Å². The molecule has 0 radical (unpaired) electrons. The molecule has 1 aliphatic rings. The molecule has 2 aromatic rings. The molecule has 0 amide bonds. The summed E-state index contributed by atoms with van der Waals surface area (Å²) >= 11 is 0. The number of carbonyl (C=O) groups excluding carboxylic acids is 1. The SMILES string of the molecule is CN(C)c1ccc(C=C2N=C(c3cc([N+](=O)[O-])cc([N+](=O)[O-])c3)OC2=O)cc1. The molecule has 0 aromatic heterocycles. The summed E-state index contributed by atoms with van der Waals surface area (Å²) in [4.78, 5) is 38.5. The molecule has 0 fully saturated rings. The van der Waals surface area contributed by atoms with Crippen LogP contribution >= 0.6 is 0 Å². The Morgan fingerprint density at radius 3 is 2.07 bits per heavy atom. The first kappa shape index (κ1) is 18.7. The van der Waals surface area contributed by atoms with Crippen molar-refractivity contribution in [2.45, 2.75) is 0 Å². The number of esters is 1. The molecular formula is C18H14N4O6. The molecule has 0 saturated carbocycles. The Kier molecular flexibility index (Phi) is 4.86. The van der Waals surface area contributed by atoms with Crippen LogP contribution in [0.4, 0.5) is 17.1 Å². The fourth-order valence-electron chi connectivity index (χ4n) is 2.49. The number of rotatable bonds is 5. The third-order valence-corrected chi connectivity index (χ3v) is 3.90. The van der Waals surface area contributed by atoms with Crippen LogP contribution in [0.25, 0.3) is 6.08 Å². The zero-order chi connectivity index (χ0) is 20.4. The van der Waals surface area contributed by atoms with Crippen molar-refractivity contribution in [1.82, 2.24) is 0 Å². The number of aliphatic imine (C=N–C) groups is 1. The highest BCUT2D eigenvalue weighted by Crippen LogP contribution is 2.26. The van der Waals surface area contributed by atoms with Crippen LogP contribution in [0.2, 0.25) is 0 Å². The van der Waals surface area contributed by atoms with Gasteiger partial charge in [-0.15, -0.1) is 0 Å². The van der Waals surface area contributed by atoms with Gasteiger partial charge in [0, 0.05) is 31.9 Å². The maximum Gasteiger partial charge on any atom is 0.363 e. The third-order valence-electron chi connectivity index (χ3n) is 3.90. The quantitative estimate of drug-likeness (QED) is 0.336. The highest BCUT2D eigenvalue weighted by molar-refractivity contribution is 6.13. The molecule has 28 heavy (non-hydrogen) atoms. The van der Waals surface area contributed by atoms with Gasteiger partial charge in [0.15, 0.2) is 5.70 Å². The molecule has 1 heterocycles. The summed E-state index contributed by atoms with van der Waals surface area (Å²) in [5.41, 5.74) is 0.637. The third kappa shape index (κ3) is 3.85. The van der Waals surface area contributed by atoms with Crippen LogP contribution in [0.3, 0.4) is 0 Å². The predicted octanol–water partition coefficient (Wildman–Crippen LogP) is 2.91. The summed E-state index contributed by atoms with van der Waals surface area (Å²) in [5, 5.41) is 22.0. The number of nitrogens with zero attached hydrogens (tertiary/aromatic N) is 4. The number of nitro benzene ring substituents is 2. The first-order valence-electron chi connectivity index (χ1n) is 7.99. The molecule has 10 heteroatoms. The van der Waals surface area contributed by atoms with E-state index in [9.17, 15) is 25.0 Å². The maximum absolute atomic E-state index is 12.1. The normalized spacial score (nSPS) is 14.6. The zero-order valence-electron chi connectivity index (χ0n) is 14.9. The largest absolute Gasteiger partial charge is 0.402 e. The Morgan fingerprint density at radius 2 is 1.57 bits per heavy atom. The molecule has 0 bridgehead atoms. The summed E-state index contributed by atoms with van der Waals surface area (Å²) in [7, 11) is 3.80. The van der Waals surface area contributed by atoms with E-state index in [2.05, 4.69) is 4.99 Å². The molecule has 142 valence electrons. The van der Waals surface area contributed by atoms with Gasteiger partial charge in [-0.3, -0.25) is 20.2 Å². The van der Waals surface area contributed by atoms with Crippen LogP contribution in [0, 0.1) is 20.2 Å². The van der Waals surface area contributed by atoms with Gasteiger partial charge in [-0.05, 0) is 23.8 Å². The number of hydrogen-bond acceptors (Lipinski definition) is 8. The monoisotopic (exact) mass is 382 g/mol. The van der Waals surface area contributed by atoms with E-state index < -0.39 is 27.2 Å². The Balaban J connectivity index is 1.97. The van der Waals surface area contributed by atoms with Crippen molar-refractivity contribution in [1.29, 1.82) is 0 Å². The average molecular weight is 382 g/mol. The highest BCUT2D eigenvalue weighted by atomic mass is 16.6. The number of cyclic esters (lactones) is 1. The molecule has 1 aliphatic heterocycles. The maximum atomic E-state index is 12.1. The number of nitro groups is 2. The van der Waals surface area contributed by atoms with Gasteiger partial charge in [0.2, 0.25) is 5.90 Å². The number of non-ortho nitro benzene ring substituents is 2. The molecule has 0 atom stereocenters. The van der Waals surface area contributed by atoms with Gasteiger partial charge in [0.25, 0.3) is 11.4 Å². The second-order valence-corrected chi connectivity index (χ2v) is 6.07. The Bertz CT molecular complexity index is 1010. The minimum atomic E-state index is -0.767. The Labute approximate surface area is 158 Å². The standard InChI is InChI=1S/C18H14N4O6/c1-20(2)13-5-3-11(4-6-13)7-16-18(23)28-17(19-16)12-8-14(21(24)25)10-15(9-12)22(26)27/h3-10H,1-2H3. The summed E-state index contributed by atoms with van der Waals surface area (Å²) in [6.07, 6.45) is 1.50. The van der Waals surface area contributed by atoms with Gasteiger partial charge in [-0.2, -0.15) is 0 Å². The molecule has 0 saturated heterocycles. The Morgan fingerprint density at radius 1 is 1.00 bits per heavy atom. The topological polar surface area (TPSA) is 128 Å². The van der Waals surface area contributed by atoms with Crippen LogP contribution in [0.1, 0.15) is 11.1 Å². The second kappa shape index (κ2) is 7.27. The van der Waals surface area contributed by atoms with Crippen molar-refractivity contribution in [3.8, 4) is 0 Å². The van der Waals surface area contributed by atoms with E-state index in [-0.39, 0.29) is 17.2 Å². The molecule has 10 nitrogen and oxygen atoms in total. The fourth-order valence-corrected chi connectivity index (χ4v) is 2.49. The highest BCUT2D eigenvalue weighted by Gasteiger charge is 2.27. The van der Waals surface area contributed by atoms with Crippen molar-refractivity contribution >= 4 is 35.0 Å². The van der Waals surface area contributed by atoms with Gasteiger partial charge < -0.3 is 9.64 Å². The summed E-state index contributed by atoms with van der Waals surface area (Å²) in [6, 6.07) is 10.3. The second-order valence-electron chi connectivity index (χ2n) is 6.07. The van der Waals surface area contributed by atoms with E-state index in [1.165, 1.54) is 6.08 Å². The van der Waals surface area contributed by atoms with Crippen LogP contribution in [-0.4, -0.2) is 35.8 Å². The van der Waals surface area contributed by atoms with Gasteiger partial charge in [-0.1, -0.05) is 12.1 Å². The summed E-state index contributed by atoms with van der Waals surface area (Å²) in [6.45, 7) is 0. The zero-order valence-corrected chi connectivity index (χ0v) is 14.9. The molecular weight excluding hydrogens is 368 g/mol. The van der Waals surface area contributed by atoms with Crippen molar-refractivity contribution in [2.75, 3.05) is 19.0 Å². The molecule has 2 aromatic carbocycles. The first-order chi connectivity index (χ1) is 13.2. The number of hydrogen-bond donors (Lipinski definition) is 0. The lowest BCUT2D eigenvalue weighted by Gasteiger charge is -2.11. The molecule has 0 unspecified atom stereocenters. The van der Waals surface area contributed by atoms with Crippen molar-refractivity contribution in [3.63, 3.8) is 0 Å². The van der Waals surface area contributed by atoms with Crippen molar-refractivity contribution in [3.05, 3.63) is 79.5 Å². The predicted molar refractivity (Wildman–Crippen MR) is 101 cm³/mol. The van der Waals surface area contributed by atoms with Gasteiger partial charge >= 0.3 is 5.97 Å². The van der Waals surface area contributed by atoms with Crippen LogP contribution < -0.4 is 4.90 Å². The van der Waals surface area contributed by atoms with Crippen molar-refractivity contribution in [2.24, 2.45) is 4.99 Å². The number of anilines is 1. The number of benzene rings is 2. The average Bonchev–Trinajstić information content (AvgIpc) is 3.02. The van der Waals surface area contributed by atoms with Crippen LogP contribution in [-0.2, 0) is 9.53 Å². The minimum absolute atomic E-state index is 0.0123. The summed E-state index contributed by atoms with van der Waals surface area (Å²) in [5.74, 6) is -0.978. The van der Waals surface area contributed by atoms with Gasteiger partial charge in [0.1, 0.15) is 0 Å². The lowest BCUT2D eigenvalue weighted by Crippen LogP contribution is -2.08. The lowest BCUT2D eigenvalue weighted by molar-refractivity contribution is -0.394. The number of carbonyl (C=O) groups is 1. The van der Waals surface area contributed by atoms with E-state index in [4.69, 9.17) is 4.74 Å².